The van der Waals surface area contributed by atoms with Crippen molar-refractivity contribution in [1.82, 2.24) is 4.90 Å². The highest BCUT2D eigenvalue weighted by Crippen LogP contribution is 2.34. The number of thiophene rings is 1. The van der Waals surface area contributed by atoms with Gasteiger partial charge in [0.15, 0.2) is 0 Å². The normalized spacial score (nSPS) is 15.8. The third-order valence-corrected chi connectivity index (χ3v) is 6.87. The summed E-state index contributed by atoms with van der Waals surface area (Å²) >= 11 is 1.60. The Morgan fingerprint density at radius 2 is 1.86 bits per heavy atom. The molecule has 0 saturated heterocycles. The Kier molecular flexibility index (Phi) is 6.23. The first kappa shape index (κ1) is 20.6. The van der Waals surface area contributed by atoms with E-state index in [0.717, 1.165) is 40.5 Å². The van der Waals surface area contributed by atoms with E-state index in [1.54, 1.807) is 18.4 Å². The lowest BCUT2D eigenvalue weighted by molar-refractivity contribution is -0.116. The van der Waals surface area contributed by atoms with Gasteiger partial charge in [0.2, 0.25) is 5.91 Å². The van der Waals surface area contributed by atoms with Crippen LogP contribution in [0.25, 0.3) is 0 Å². The monoisotopic (exact) mass is 398 g/mol. The van der Waals surface area contributed by atoms with E-state index in [2.05, 4.69) is 24.4 Å². The Morgan fingerprint density at radius 3 is 2.50 bits per heavy atom. The molecule has 5 heteroatoms. The number of aryl methyl sites for hydroxylation is 4. The first-order valence-corrected chi connectivity index (χ1v) is 10.8. The van der Waals surface area contributed by atoms with Gasteiger partial charge < -0.3 is 10.2 Å². The van der Waals surface area contributed by atoms with Crippen LogP contribution in [0.15, 0.2) is 18.2 Å². The first-order chi connectivity index (χ1) is 13.3. The molecule has 4 nitrogen and oxygen atoms in total. The number of nitrogens with one attached hydrogen (secondary N) is 1. The van der Waals surface area contributed by atoms with Crippen molar-refractivity contribution >= 4 is 28.8 Å². The third kappa shape index (κ3) is 4.46. The third-order valence-electron chi connectivity index (χ3n) is 5.64. The Balaban J connectivity index is 1.65. The van der Waals surface area contributed by atoms with Crippen LogP contribution in [0.3, 0.4) is 0 Å². The second-order valence-electron chi connectivity index (χ2n) is 8.06. The van der Waals surface area contributed by atoms with Gasteiger partial charge in [0.05, 0.1) is 11.4 Å². The second kappa shape index (κ2) is 8.48. The van der Waals surface area contributed by atoms with Gasteiger partial charge in [-0.3, -0.25) is 9.59 Å². The maximum absolute atomic E-state index is 12.8. The molecule has 0 fully saturated rings. The van der Waals surface area contributed by atoms with E-state index >= 15 is 0 Å². The predicted molar refractivity (Wildman–Crippen MR) is 116 cm³/mol. The standard InChI is InChI=1S/C23H30N2O2S/c1-6-17-7-8-19-18(11-17)12-20(28-19)23(27)25(5)13-21(26)24-22-15(3)9-14(2)10-16(22)4/h9-10,12,17H,6-8,11,13H2,1-5H3,(H,24,26)/t17-/m0/s1. The second-order valence-corrected chi connectivity index (χ2v) is 9.20. The zero-order valence-corrected chi connectivity index (χ0v) is 18.3. The van der Waals surface area contributed by atoms with Crippen LogP contribution in [-0.4, -0.2) is 30.3 Å². The maximum Gasteiger partial charge on any atom is 0.264 e. The SMILES string of the molecule is CC[C@H]1CCc2sc(C(=O)N(C)CC(=O)Nc3c(C)cc(C)cc3C)cc2C1. The number of anilines is 1. The average Bonchev–Trinajstić information content (AvgIpc) is 3.06. The van der Waals surface area contributed by atoms with Gasteiger partial charge in [0.1, 0.15) is 0 Å². The smallest absolute Gasteiger partial charge is 0.264 e. The largest absolute Gasteiger partial charge is 0.332 e. The molecule has 0 bridgehead atoms. The van der Waals surface area contributed by atoms with Crippen LogP contribution >= 0.6 is 11.3 Å². The number of rotatable bonds is 5. The number of carbonyl (C=O) groups is 2. The minimum absolute atomic E-state index is 0.0474. The summed E-state index contributed by atoms with van der Waals surface area (Å²) < 4.78 is 0. The van der Waals surface area contributed by atoms with Gasteiger partial charge in [-0.1, -0.05) is 31.0 Å². The molecule has 0 aliphatic heterocycles. The molecular formula is C23H30N2O2S. The molecular weight excluding hydrogens is 368 g/mol. The van der Waals surface area contributed by atoms with Crippen molar-refractivity contribution in [3.63, 3.8) is 0 Å². The zero-order valence-electron chi connectivity index (χ0n) is 17.5. The van der Waals surface area contributed by atoms with E-state index in [1.165, 1.54) is 33.7 Å². The molecule has 1 N–H and O–H groups in total. The molecule has 2 aromatic rings. The molecule has 0 unspecified atom stereocenters. The molecule has 1 aliphatic carbocycles. The highest BCUT2D eigenvalue weighted by molar-refractivity contribution is 7.14. The molecule has 0 saturated carbocycles. The van der Waals surface area contributed by atoms with Gasteiger partial charge in [-0.15, -0.1) is 11.3 Å². The summed E-state index contributed by atoms with van der Waals surface area (Å²) in [5.74, 6) is 0.493. The maximum atomic E-state index is 12.8. The van der Waals surface area contributed by atoms with Crippen LogP contribution in [-0.2, 0) is 17.6 Å². The molecule has 3 rings (SSSR count). The van der Waals surface area contributed by atoms with Crippen LogP contribution in [0.4, 0.5) is 5.69 Å². The van der Waals surface area contributed by atoms with Crippen molar-refractivity contribution in [2.75, 3.05) is 18.9 Å². The van der Waals surface area contributed by atoms with E-state index in [0.29, 0.717) is 0 Å². The molecule has 1 atom stereocenters. The summed E-state index contributed by atoms with van der Waals surface area (Å²) in [5.41, 5.74) is 5.42. The molecule has 1 aliphatic rings. The van der Waals surface area contributed by atoms with Gasteiger partial charge >= 0.3 is 0 Å². The molecule has 0 radical (unpaired) electrons. The fourth-order valence-corrected chi connectivity index (χ4v) is 5.29. The summed E-state index contributed by atoms with van der Waals surface area (Å²) in [6.07, 6.45) is 4.55. The topological polar surface area (TPSA) is 49.4 Å². The molecule has 1 aromatic carbocycles. The molecule has 1 heterocycles. The van der Waals surface area contributed by atoms with Crippen molar-refractivity contribution in [3.05, 3.63) is 50.2 Å². The summed E-state index contributed by atoms with van der Waals surface area (Å²) in [7, 11) is 1.70. The number of amides is 2. The minimum atomic E-state index is -0.168. The predicted octanol–water partition coefficient (Wildman–Crippen LogP) is 4.90. The highest BCUT2D eigenvalue weighted by Gasteiger charge is 2.24. The van der Waals surface area contributed by atoms with E-state index < -0.39 is 0 Å². The zero-order chi connectivity index (χ0) is 20.4. The Labute approximate surface area is 172 Å². The van der Waals surface area contributed by atoms with E-state index in [9.17, 15) is 9.59 Å². The van der Waals surface area contributed by atoms with Crippen LogP contribution in [0, 0.1) is 26.7 Å². The molecule has 150 valence electrons. The lowest BCUT2D eigenvalue weighted by Gasteiger charge is -2.19. The Hall–Kier alpha value is -2.14. The number of hydrogen-bond acceptors (Lipinski definition) is 3. The van der Waals surface area contributed by atoms with Gasteiger partial charge in [-0.2, -0.15) is 0 Å². The lowest BCUT2D eigenvalue weighted by atomic mass is 9.87. The number of fused-ring (bicyclic) bond motifs is 1. The van der Waals surface area contributed by atoms with Crippen LogP contribution < -0.4 is 5.32 Å². The van der Waals surface area contributed by atoms with E-state index in [1.807, 2.05) is 26.8 Å². The Bertz CT molecular complexity index is 877. The van der Waals surface area contributed by atoms with Gasteiger partial charge in [-0.05, 0) is 68.7 Å². The number of benzene rings is 1. The van der Waals surface area contributed by atoms with Gasteiger partial charge in [0, 0.05) is 17.6 Å². The van der Waals surface area contributed by atoms with Crippen LogP contribution in [0.1, 0.15) is 56.6 Å². The number of hydrogen-bond donors (Lipinski definition) is 1. The quantitative estimate of drug-likeness (QED) is 0.779. The summed E-state index contributed by atoms with van der Waals surface area (Å²) in [6.45, 7) is 8.31. The Morgan fingerprint density at radius 1 is 1.18 bits per heavy atom. The number of carbonyl (C=O) groups excluding carboxylic acids is 2. The van der Waals surface area contributed by atoms with Gasteiger partial charge in [-0.25, -0.2) is 0 Å². The fourth-order valence-electron chi connectivity index (χ4n) is 4.08. The first-order valence-electron chi connectivity index (χ1n) is 10.0. The van der Waals surface area contributed by atoms with Crippen molar-refractivity contribution in [2.45, 2.75) is 53.4 Å². The summed E-state index contributed by atoms with van der Waals surface area (Å²) in [5, 5.41) is 2.98. The molecule has 28 heavy (non-hydrogen) atoms. The van der Waals surface area contributed by atoms with E-state index in [-0.39, 0.29) is 18.4 Å². The van der Waals surface area contributed by atoms with Crippen LogP contribution in [0.5, 0.6) is 0 Å². The van der Waals surface area contributed by atoms with Crippen molar-refractivity contribution in [3.8, 4) is 0 Å². The van der Waals surface area contributed by atoms with Crippen molar-refractivity contribution < 1.29 is 9.59 Å². The van der Waals surface area contributed by atoms with Gasteiger partial charge in [0.25, 0.3) is 5.91 Å². The van der Waals surface area contributed by atoms with E-state index in [4.69, 9.17) is 0 Å². The fraction of sp³-hybridized carbons (Fsp3) is 0.478. The van der Waals surface area contributed by atoms with Crippen molar-refractivity contribution in [1.29, 1.82) is 0 Å². The summed E-state index contributed by atoms with van der Waals surface area (Å²) in [4.78, 5) is 29.0. The number of nitrogens with zero attached hydrogens (tertiary/aromatic N) is 1. The van der Waals surface area contributed by atoms with Crippen LogP contribution in [0.2, 0.25) is 0 Å². The molecule has 1 aromatic heterocycles. The minimum Gasteiger partial charge on any atom is -0.332 e. The average molecular weight is 399 g/mol. The summed E-state index contributed by atoms with van der Waals surface area (Å²) in [6, 6.07) is 6.15. The highest BCUT2D eigenvalue weighted by atomic mass is 32.1. The molecule has 2 amide bonds. The van der Waals surface area contributed by atoms with Crippen molar-refractivity contribution in [2.24, 2.45) is 5.92 Å². The number of likely N-dealkylation sites (N-methyl/N-ethyl adjacent to an activating group) is 1. The lowest BCUT2D eigenvalue weighted by Crippen LogP contribution is -2.34. The molecule has 0 spiro atoms.